The van der Waals surface area contributed by atoms with E-state index in [0.717, 1.165) is 30.9 Å². The van der Waals surface area contributed by atoms with Crippen LogP contribution in [0.15, 0.2) is 65.1 Å². The van der Waals surface area contributed by atoms with Crippen LogP contribution in [0.2, 0.25) is 0 Å². The molecule has 1 unspecified atom stereocenters. The van der Waals surface area contributed by atoms with E-state index >= 15 is 0 Å². The third-order valence-electron chi connectivity index (χ3n) is 7.01. The van der Waals surface area contributed by atoms with Gasteiger partial charge in [0.25, 0.3) is 5.91 Å². The molecular weight excluding hydrogens is 557 g/mol. The third kappa shape index (κ3) is 9.78. The molecule has 2 atom stereocenters. The molecule has 0 spiro atoms. The number of carbonyl (C=O) groups is 4. The van der Waals surface area contributed by atoms with Crippen LogP contribution in [0, 0.1) is 11.7 Å². The molecule has 43 heavy (non-hydrogen) atoms. The van der Waals surface area contributed by atoms with Gasteiger partial charge in [0.1, 0.15) is 18.2 Å². The second-order valence-corrected chi connectivity index (χ2v) is 10.1. The zero-order valence-corrected chi connectivity index (χ0v) is 24.4. The quantitative estimate of drug-likeness (QED) is 0.0807. The number of rotatable bonds is 18. The Hall–Kier alpha value is -4.51. The Bertz CT molecular complexity index is 1360. The lowest BCUT2D eigenvalue weighted by atomic mass is 9.90. The van der Waals surface area contributed by atoms with Crippen molar-refractivity contribution in [1.29, 1.82) is 0 Å². The largest absolute Gasteiger partial charge is 0.481 e. The van der Waals surface area contributed by atoms with E-state index in [9.17, 15) is 23.6 Å². The fourth-order valence-electron chi connectivity index (χ4n) is 4.75. The van der Waals surface area contributed by atoms with Gasteiger partial charge in [0.2, 0.25) is 12.3 Å². The standard InChI is InChI=1S/C32H38FN3O7/c1-3-5-7-12-25(27(4-2)36(21-37)42-19-22-10-8-6-9-11-22)31(40)34-20-35-32(41)29-16-15-28(43-29)23-13-14-26(33)24(17-23)18-30(38)39/h6,8-11,13-17,21,25,27H,3-5,7,12,18-20H2,1-2H3,(H,34,40)(H,35,41)(H,38,39)/t25?,27-/m1/s1. The molecule has 2 aromatic carbocycles. The minimum Gasteiger partial charge on any atom is -0.481 e. The van der Waals surface area contributed by atoms with Gasteiger partial charge in [0.05, 0.1) is 25.0 Å². The minimum absolute atomic E-state index is 0.00685. The molecule has 0 radical (unpaired) electrons. The molecule has 0 aliphatic heterocycles. The Labute approximate surface area is 250 Å². The number of aliphatic carboxylic acids is 1. The summed E-state index contributed by atoms with van der Waals surface area (Å²) >= 11 is 0. The van der Waals surface area contributed by atoms with E-state index in [-0.39, 0.29) is 36.3 Å². The predicted octanol–water partition coefficient (Wildman–Crippen LogP) is 5.08. The van der Waals surface area contributed by atoms with Gasteiger partial charge in [-0.3, -0.25) is 24.0 Å². The number of benzene rings is 2. The number of unbranched alkanes of at least 4 members (excludes halogenated alkanes) is 2. The predicted molar refractivity (Wildman–Crippen MR) is 157 cm³/mol. The van der Waals surface area contributed by atoms with Crippen LogP contribution in [0.3, 0.4) is 0 Å². The molecule has 3 N–H and O–H groups in total. The van der Waals surface area contributed by atoms with E-state index in [2.05, 4.69) is 17.6 Å². The Kier molecular flexibility index (Phi) is 12.9. The molecule has 0 saturated heterocycles. The van der Waals surface area contributed by atoms with Crippen LogP contribution in [-0.2, 0) is 32.2 Å². The van der Waals surface area contributed by atoms with Crippen LogP contribution in [0.4, 0.5) is 4.39 Å². The maximum absolute atomic E-state index is 14.0. The van der Waals surface area contributed by atoms with Crippen LogP contribution in [-0.4, -0.2) is 47.1 Å². The highest BCUT2D eigenvalue weighted by Crippen LogP contribution is 2.25. The SMILES string of the molecule is CCCCCC(C(=O)NCNC(=O)c1ccc(-c2ccc(F)c(CC(=O)O)c2)o1)[C@@H](CC)N(C=O)OCc1ccccc1. The summed E-state index contributed by atoms with van der Waals surface area (Å²) in [6.07, 6.45) is 3.80. The summed E-state index contributed by atoms with van der Waals surface area (Å²) in [5.41, 5.74) is 1.30. The lowest BCUT2D eigenvalue weighted by Gasteiger charge is -2.32. The Balaban J connectivity index is 1.62. The molecule has 0 aliphatic rings. The van der Waals surface area contributed by atoms with Crippen molar-refractivity contribution in [2.24, 2.45) is 5.92 Å². The molecule has 1 aromatic heterocycles. The van der Waals surface area contributed by atoms with Gasteiger partial charge in [-0.05, 0) is 54.3 Å². The fraction of sp³-hybridized carbons (Fsp3) is 0.375. The first-order valence-electron chi connectivity index (χ1n) is 14.3. The summed E-state index contributed by atoms with van der Waals surface area (Å²) in [4.78, 5) is 54.8. The van der Waals surface area contributed by atoms with E-state index in [1.807, 2.05) is 37.3 Å². The average Bonchev–Trinajstić information content (AvgIpc) is 3.50. The van der Waals surface area contributed by atoms with Gasteiger partial charge in [-0.15, -0.1) is 0 Å². The van der Waals surface area contributed by atoms with Gasteiger partial charge in [0, 0.05) is 5.56 Å². The number of carboxylic acid groups (broad SMARTS) is 1. The van der Waals surface area contributed by atoms with Crippen LogP contribution >= 0.6 is 0 Å². The molecule has 10 nitrogen and oxygen atoms in total. The summed E-state index contributed by atoms with van der Waals surface area (Å²) in [7, 11) is 0. The van der Waals surface area contributed by atoms with Gasteiger partial charge >= 0.3 is 5.97 Å². The molecule has 230 valence electrons. The number of nitrogens with one attached hydrogen (secondary N) is 2. The average molecular weight is 596 g/mol. The molecule has 0 fully saturated rings. The number of hydrogen-bond donors (Lipinski definition) is 3. The van der Waals surface area contributed by atoms with Gasteiger partial charge < -0.3 is 20.2 Å². The van der Waals surface area contributed by atoms with E-state index in [4.69, 9.17) is 14.4 Å². The van der Waals surface area contributed by atoms with Gasteiger partial charge in [0.15, 0.2) is 5.76 Å². The summed E-state index contributed by atoms with van der Waals surface area (Å²) < 4.78 is 19.6. The molecular formula is C32H38FN3O7. The number of carboxylic acids is 1. The topological polar surface area (TPSA) is 138 Å². The normalized spacial score (nSPS) is 12.3. The monoisotopic (exact) mass is 595 g/mol. The van der Waals surface area contributed by atoms with Crippen molar-refractivity contribution in [3.8, 4) is 11.3 Å². The molecule has 0 bridgehead atoms. The summed E-state index contributed by atoms with van der Waals surface area (Å²) in [5, 5.41) is 15.5. The second-order valence-electron chi connectivity index (χ2n) is 10.1. The maximum atomic E-state index is 14.0. The Morgan fingerprint density at radius 1 is 1.05 bits per heavy atom. The first-order valence-corrected chi connectivity index (χ1v) is 14.3. The first kappa shape index (κ1) is 33.0. The van der Waals surface area contributed by atoms with Crippen molar-refractivity contribution in [2.75, 3.05) is 6.67 Å². The number of furan rings is 1. The van der Waals surface area contributed by atoms with Crippen molar-refractivity contribution in [3.05, 3.63) is 83.4 Å². The molecule has 3 amide bonds. The molecule has 3 aromatic rings. The Morgan fingerprint density at radius 3 is 2.49 bits per heavy atom. The number of amides is 3. The number of hydrogen-bond acceptors (Lipinski definition) is 6. The van der Waals surface area contributed by atoms with Crippen molar-refractivity contribution >= 4 is 24.2 Å². The van der Waals surface area contributed by atoms with E-state index in [1.54, 1.807) is 0 Å². The molecule has 3 rings (SSSR count). The lowest BCUT2D eigenvalue weighted by molar-refractivity contribution is -0.200. The molecule has 1 heterocycles. The highest BCUT2D eigenvalue weighted by atomic mass is 19.1. The molecule has 0 saturated carbocycles. The van der Waals surface area contributed by atoms with Crippen LogP contribution in [0.1, 0.15) is 67.6 Å². The van der Waals surface area contributed by atoms with Crippen molar-refractivity contribution < 1.29 is 37.9 Å². The van der Waals surface area contributed by atoms with Gasteiger partial charge in [-0.2, -0.15) is 0 Å². The van der Waals surface area contributed by atoms with Crippen LogP contribution in [0.25, 0.3) is 11.3 Å². The smallest absolute Gasteiger partial charge is 0.307 e. The Morgan fingerprint density at radius 2 is 1.81 bits per heavy atom. The zero-order chi connectivity index (χ0) is 31.2. The van der Waals surface area contributed by atoms with Gasteiger partial charge in [-0.1, -0.05) is 63.4 Å². The molecule has 11 heteroatoms. The summed E-state index contributed by atoms with van der Waals surface area (Å²) in [6, 6.07) is 15.8. The van der Waals surface area contributed by atoms with Crippen molar-refractivity contribution in [1.82, 2.24) is 15.7 Å². The van der Waals surface area contributed by atoms with Gasteiger partial charge in [-0.25, -0.2) is 9.45 Å². The number of halogens is 1. The van der Waals surface area contributed by atoms with E-state index in [0.29, 0.717) is 24.8 Å². The van der Waals surface area contributed by atoms with Crippen LogP contribution in [0.5, 0.6) is 0 Å². The minimum atomic E-state index is -1.17. The van der Waals surface area contributed by atoms with Crippen molar-refractivity contribution in [2.45, 2.75) is 65.0 Å². The highest BCUT2D eigenvalue weighted by molar-refractivity contribution is 5.92. The molecule has 0 aliphatic carbocycles. The van der Waals surface area contributed by atoms with E-state index < -0.39 is 36.1 Å². The zero-order valence-electron chi connectivity index (χ0n) is 24.4. The fourth-order valence-corrected chi connectivity index (χ4v) is 4.75. The maximum Gasteiger partial charge on any atom is 0.307 e. The highest BCUT2D eigenvalue weighted by Gasteiger charge is 2.32. The lowest BCUT2D eigenvalue weighted by Crippen LogP contribution is -2.48. The van der Waals surface area contributed by atoms with Crippen LogP contribution < -0.4 is 10.6 Å². The number of hydroxylamine groups is 2. The second kappa shape index (κ2) is 16.8. The summed E-state index contributed by atoms with van der Waals surface area (Å²) in [6.45, 7) is 3.95. The first-order chi connectivity index (χ1) is 20.8. The third-order valence-corrected chi connectivity index (χ3v) is 7.01. The number of carbonyl (C=O) groups excluding carboxylic acids is 3. The van der Waals surface area contributed by atoms with E-state index in [1.165, 1.54) is 29.3 Å². The van der Waals surface area contributed by atoms with Crippen molar-refractivity contribution in [3.63, 3.8) is 0 Å². The number of nitrogens with zero attached hydrogens (tertiary/aromatic N) is 1. The summed E-state index contributed by atoms with van der Waals surface area (Å²) in [5.74, 6) is -3.08.